The van der Waals surface area contributed by atoms with Gasteiger partial charge in [0, 0.05) is 12.4 Å². The molecule has 1 aromatic carbocycles. The van der Waals surface area contributed by atoms with E-state index in [9.17, 15) is 0 Å². The van der Waals surface area contributed by atoms with Gasteiger partial charge in [-0.25, -0.2) is 0 Å². The van der Waals surface area contributed by atoms with Gasteiger partial charge in [0.05, 0.1) is 31.5 Å². The number of para-hydroxylation sites is 2. The quantitative estimate of drug-likeness (QED) is 0.434. The molecule has 5 rings (SSSR count). The van der Waals surface area contributed by atoms with Gasteiger partial charge >= 0.3 is 0 Å². The fourth-order valence-electron chi connectivity index (χ4n) is 2.22. The van der Waals surface area contributed by atoms with Crippen LogP contribution in [0.1, 0.15) is 0 Å². The Morgan fingerprint density at radius 1 is 0.714 bits per heavy atom. The Bertz CT molecular complexity index is 899. The minimum Gasteiger partial charge on any atom is -0.353 e. The lowest BCUT2D eigenvalue weighted by molar-refractivity contribution is 1.29. The number of nitrogens with one attached hydrogen (secondary N) is 1. The van der Waals surface area contributed by atoms with Crippen LogP contribution < -0.4 is 0 Å². The van der Waals surface area contributed by atoms with E-state index in [1.807, 2.05) is 46.9 Å². The Morgan fingerprint density at radius 3 is 1.76 bits per heavy atom. The summed E-state index contributed by atoms with van der Waals surface area (Å²) in [6.45, 7) is 0. The number of thiophene rings is 2. The lowest BCUT2D eigenvalue weighted by Gasteiger charge is -1.90. The van der Waals surface area contributed by atoms with E-state index in [-0.39, 0.29) is 0 Å². The molecule has 0 spiro atoms. The molecule has 0 aliphatic heterocycles. The van der Waals surface area contributed by atoms with Crippen molar-refractivity contribution >= 4 is 54.1 Å². The number of aromatic nitrogens is 3. The summed E-state index contributed by atoms with van der Waals surface area (Å²) in [6, 6.07) is 12.1. The Hall–Kier alpha value is -2.24. The van der Waals surface area contributed by atoms with Crippen molar-refractivity contribution in [2.75, 3.05) is 0 Å². The number of hydrogen-bond acceptors (Lipinski definition) is 4. The third-order valence-corrected chi connectivity index (χ3v) is 5.17. The summed E-state index contributed by atoms with van der Waals surface area (Å²) in [5, 5.41) is 4.25. The second-order valence-corrected chi connectivity index (χ2v) is 6.33. The van der Waals surface area contributed by atoms with E-state index in [0.717, 1.165) is 11.0 Å². The zero-order chi connectivity index (χ0) is 14.1. The van der Waals surface area contributed by atoms with Gasteiger partial charge in [0.25, 0.3) is 0 Å². The molecule has 0 saturated carbocycles. The van der Waals surface area contributed by atoms with Gasteiger partial charge in [-0.05, 0) is 35.0 Å². The number of rotatable bonds is 0. The van der Waals surface area contributed by atoms with Crippen molar-refractivity contribution in [2.24, 2.45) is 0 Å². The van der Waals surface area contributed by atoms with Crippen LogP contribution in [0.5, 0.6) is 0 Å². The van der Waals surface area contributed by atoms with E-state index >= 15 is 0 Å². The van der Waals surface area contributed by atoms with E-state index in [1.54, 1.807) is 12.4 Å². The van der Waals surface area contributed by atoms with Crippen molar-refractivity contribution in [3.8, 4) is 0 Å². The van der Waals surface area contributed by atoms with Crippen LogP contribution in [-0.4, -0.2) is 15.0 Å². The minimum atomic E-state index is 0.949. The van der Waals surface area contributed by atoms with Crippen LogP contribution in [0.25, 0.3) is 31.5 Å². The molecule has 4 heterocycles. The van der Waals surface area contributed by atoms with Gasteiger partial charge in [-0.3, -0.25) is 9.97 Å². The summed E-state index contributed by atoms with van der Waals surface area (Å²) in [7, 11) is 0. The number of benzene rings is 1. The van der Waals surface area contributed by atoms with Crippen molar-refractivity contribution in [3.05, 3.63) is 59.6 Å². The van der Waals surface area contributed by atoms with Crippen LogP contribution in [0.2, 0.25) is 0 Å². The van der Waals surface area contributed by atoms with E-state index in [1.165, 1.54) is 20.4 Å². The Morgan fingerprint density at radius 2 is 1.24 bits per heavy atom. The molecule has 3 nitrogen and oxygen atoms in total. The molecule has 0 radical (unpaired) electrons. The summed E-state index contributed by atoms with van der Waals surface area (Å²) in [5.74, 6) is 0. The molecule has 0 aliphatic rings. The first-order chi connectivity index (χ1) is 10.4. The van der Waals surface area contributed by atoms with Gasteiger partial charge in [0.2, 0.25) is 0 Å². The summed E-state index contributed by atoms with van der Waals surface area (Å²) >= 11 is 3.61. The van der Waals surface area contributed by atoms with Crippen molar-refractivity contribution < 1.29 is 0 Å². The fourth-order valence-corrected chi connectivity index (χ4v) is 4.12. The van der Waals surface area contributed by atoms with Gasteiger partial charge in [0.1, 0.15) is 0 Å². The second kappa shape index (κ2) is 5.27. The first-order valence-electron chi connectivity index (χ1n) is 6.50. The topological polar surface area (TPSA) is 41.6 Å². The van der Waals surface area contributed by atoms with Gasteiger partial charge in [0.15, 0.2) is 0 Å². The van der Waals surface area contributed by atoms with E-state index in [0.29, 0.717) is 0 Å². The van der Waals surface area contributed by atoms with Crippen LogP contribution in [0.4, 0.5) is 0 Å². The predicted molar refractivity (Wildman–Crippen MR) is 91.1 cm³/mol. The average Bonchev–Trinajstić information content (AvgIpc) is 3.21. The molecular formula is C16H11N3S2. The number of aromatic amines is 1. The zero-order valence-corrected chi connectivity index (χ0v) is 12.6. The van der Waals surface area contributed by atoms with Crippen molar-refractivity contribution in [2.45, 2.75) is 0 Å². The van der Waals surface area contributed by atoms with E-state index in [4.69, 9.17) is 0 Å². The molecule has 5 heteroatoms. The summed E-state index contributed by atoms with van der Waals surface area (Å²) in [6.07, 6.45) is 3.39. The standard InChI is InChI=1S/C8H6N2.C8H5NS2/c1-2-4-8-7(3-1)9-5-6-10-8;1-3-10-7-5(1)9-6-2-4-11-8(6)7/h1-6H;1-4,9H. The summed E-state index contributed by atoms with van der Waals surface area (Å²) in [4.78, 5) is 11.6. The maximum atomic E-state index is 4.12. The SMILES string of the molecule is c1cc2[nH]c3ccsc3c2s1.c1ccc2nccnc2c1. The molecule has 0 bridgehead atoms. The number of fused-ring (bicyclic) bond motifs is 4. The van der Waals surface area contributed by atoms with Gasteiger partial charge in [-0.1, -0.05) is 12.1 Å². The maximum Gasteiger partial charge on any atom is 0.0886 e. The second-order valence-electron chi connectivity index (χ2n) is 4.50. The van der Waals surface area contributed by atoms with Crippen LogP contribution in [0, 0.1) is 0 Å². The first kappa shape index (κ1) is 12.5. The van der Waals surface area contributed by atoms with Gasteiger partial charge < -0.3 is 4.98 Å². The third-order valence-electron chi connectivity index (χ3n) is 3.18. The molecule has 102 valence electrons. The third kappa shape index (κ3) is 2.30. The number of hydrogen-bond donors (Lipinski definition) is 1. The molecule has 0 aliphatic carbocycles. The normalized spacial score (nSPS) is 10.9. The summed E-state index contributed by atoms with van der Waals surface area (Å²) in [5.41, 5.74) is 4.45. The molecule has 5 aromatic rings. The molecule has 0 fully saturated rings. The highest BCUT2D eigenvalue weighted by Crippen LogP contribution is 2.33. The Labute approximate surface area is 128 Å². The highest BCUT2D eigenvalue weighted by Gasteiger charge is 2.04. The smallest absolute Gasteiger partial charge is 0.0886 e. The highest BCUT2D eigenvalue weighted by atomic mass is 32.1. The van der Waals surface area contributed by atoms with Crippen molar-refractivity contribution in [1.29, 1.82) is 0 Å². The van der Waals surface area contributed by atoms with Crippen LogP contribution >= 0.6 is 22.7 Å². The monoisotopic (exact) mass is 309 g/mol. The predicted octanol–water partition coefficient (Wildman–Crippen LogP) is 5.07. The zero-order valence-electron chi connectivity index (χ0n) is 11.0. The first-order valence-corrected chi connectivity index (χ1v) is 8.26. The highest BCUT2D eigenvalue weighted by molar-refractivity contribution is 7.25. The van der Waals surface area contributed by atoms with E-state index < -0.39 is 0 Å². The van der Waals surface area contributed by atoms with E-state index in [2.05, 4.69) is 37.8 Å². The van der Waals surface area contributed by atoms with Crippen molar-refractivity contribution in [3.63, 3.8) is 0 Å². The molecule has 0 atom stereocenters. The molecular weight excluding hydrogens is 298 g/mol. The fraction of sp³-hybridized carbons (Fsp3) is 0. The number of H-pyrrole nitrogens is 1. The average molecular weight is 309 g/mol. The van der Waals surface area contributed by atoms with Gasteiger partial charge in [-0.2, -0.15) is 0 Å². The van der Waals surface area contributed by atoms with Gasteiger partial charge in [-0.15, -0.1) is 22.7 Å². The molecule has 0 saturated heterocycles. The maximum absolute atomic E-state index is 4.12. The lowest BCUT2D eigenvalue weighted by Crippen LogP contribution is -1.78. The largest absolute Gasteiger partial charge is 0.353 e. The molecule has 4 aromatic heterocycles. The molecule has 0 amide bonds. The van der Waals surface area contributed by atoms with Crippen molar-refractivity contribution in [1.82, 2.24) is 15.0 Å². The molecule has 0 unspecified atom stereocenters. The minimum absolute atomic E-state index is 0.949. The molecule has 21 heavy (non-hydrogen) atoms. The summed E-state index contributed by atoms with van der Waals surface area (Å²) < 4.78 is 2.80. The van der Waals surface area contributed by atoms with Crippen LogP contribution in [0.15, 0.2) is 59.6 Å². The Kier molecular flexibility index (Phi) is 3.14. The van der Waals surface area contributed by atoms with Crippen LogP contribution in [0.3, 0.4) is 0 Å². The number of nitrogens with zero attached hydrogens (tertiary/aromatic N) is 2. The van der Waals surface area contributed by atoms with Crippen LogP contribution in [-0.2, 0) is 0 Å². The Balaban J connectivity index is 0.000000110. The lowest BCUT2D eigenvalue weighted by atomic mass is 10.3. The molecule has 1 N–H and O–H groups in total.